The van der Waals surface area contributed by atoms with Crippen LogP contribution >= 0.6 is 0 Å². The van der Waals surface area contributed by atoms with Crippen molar-refractivity contribution in [2.45, 2.75) is 302 Å². The summed E-state index contributed by atoms with van der Waals surface area (Å²) < 4.78 is 5.46. The molecular weight excluding hydrogens is 755 g/mol. The van der Waals surface area contributed by atoms with Gasteiger partial charge in [-0.2, -0.15) is 0 Å². The highest BCUT2D eigenvalue weighted by Gasteiger charge is 2.20. The smallest absolute Gasteiger partial charge is 0.305 e. The Morgan fingerprint density at radius 1 is 0.459 bits per heavy atom. The molecule has 0 bridgehead atoms. The monoisotopic (exact) mass is 860 g/mol. The lowest BCUT2D eigenvalue weighted by atomic mass is 10.0. The van der Waals surface area contributed by atoms with Crippen LogP contribution in [-0.2, 0) is 14.3 Å². The molecule has 0 aromatic heterocycles. The fourth-order valence-electron chi connectivity index (χ4n) is 8.30. The maximum absolute atomic E-state index is 12.4. The first-order valence-electron chi connectivity index (χ1n) is 27.1. The summed E-state index contributed by atoms with van der Waals surface area (Å²) in [6.45, 7) is 4.88. The first-order chi connectivity index (χ1) is 30.0. The van der Waals surface area contributed by atoms with Gasteiger partial charge in [-0.05, 0) is 51.4 Å². The molecule has 0 fully saturated rings. The molecule has 0 aliphatic heterocycles. The van der Waals surface area contributed by atoms with Crippen molar-refractivity contribution in [3.8, 4) is 0 Å². The minimum Gasteiger partial charge on any atom is -0.466 e. The molecule has 0 aliphatic carbocycles. The number of hydrogen-bond donors (Lipinski definition) is 3. The number of ether oxygens (including phenoxy) is 1. The van der Waals surface area contributed by atoms with Crippen LogP contribution in [0.1, 0.15) is 290 Å². The molecule has 0 saturated heterocycles. The average Bonchev–Trinajstić information content (AvgIpc) is 3.26. The predicted molar refractivity (Wildman–Crippen MR) is 264 cm³/mol. The Kier molecular flexibility index (Phi) is 49.6. The summed E-state index contributed by atoms with van der Waals surface area (Å²) in [5, 5.41) is 23.1. The van der Waals surface area contributed by atoms with Crippen LogP contribution in [0.25, 0.3) is 0 Å². The number of carbonyl (C=O) groups excluding carboxylic acids is 2. The fraction of sp³-hybridized carbons (Fsp3) is 0.891. The van der Waals surface area contributed by atoms with E-state index in [1.54, 1.807) is 0 Å². The first-order valence-corrected chi connectivity index (χ1v) is 27.1. The van der Waals surface area contributed by atoms with Gasteiger partial charge >= 0.3 is 5.97 Å². The molecule has 1 amide bonds. The zero-order valence-corrected chi connectivity index (χ0v) is 40.9. The minimum absolute atomic E-state index is 0.00293. The molecule has 6 nitrogen and oxygen atoms in total. The van der Waals surface area contributed by atoms with Crippen LogP contribution in [0.2, 0.25) is 0 Å². The topological polar surface area (TPSA) is 95.9 Å². The van der Waals surface area contributed by atoms with Crippen molar-refractivity contribution in [1.29, 1.82) is 0 Å². The summed E-state index contributed by atoms with van der Waals surface area (Å²) in [7, 11) is 0. The van der Waals surface area contributed by atoms with E-state index in [4.69, 9.17) is 4.74 Å². The standard InChI is InChI=1S/C55H105NO5/c1-3-5-7-9-11-13-14-15-26-29-33-37-41-45-49-55(60)61-50-46-42-38-34-30-27-24-22-20-18-16-17-19-21-23-25-28-32-36-40-44-48-54(59)56-52(51-57)53(58)47-43-39-35-31-12-10-8-6-4-2/h9,11,14-15,52-53,57-58H,3-8,10,12-13,16-51H2,1-2H3,(H,56,59)/b11-9-,15-14-. The lowest BCUT2D eigenvalue weighted by molar-refractivity contribution is -0.143. The van der Waals surface area contributed by atoms with Crippen molar-refractivity contribution in [3.05, 3.63) is 24.3 Å². The zero-order chi connectivity index (χ0) is 44.4. The molecule has 0 aromatic carbocycles. The summed E-state index contributed by atoms with van der Waals surface area (Å²) in [6.07, 6.45) is 60.2. The summed E-state index contributed by atoms with van der Waals surface area (Å²) in [5.41, 5.74) is 0. The molecule has 0 aliphatic rings. The molecule has 3 N–H and O–H groups in total. The quantitative estimate of drug-likeness (QED) is 0.0322. The van der Waals surface area contributed by atoms with Gasteiger partial charge in [0.25, 0.3) is 0 Å². The van der Waals surface area contributed by atoms with Crippen LogP contribution in [-0.4, -0.2) is 47.4 Å². The van der Waals surface area contributed by atoms with Gasteiger partial charge in [0.15, 0.2) is 0 Å². The fourth-order valence-corrected chi connectivity index (χ4v) is 8.30. The Morgan fingerprint density at radius 3 is 1.30 bits per heavy atom. The number of carbonyl (C=O) groups is 2. The third-order valence-corrected chi connectivity index (χ3v) is 12.5. The van der Waals surface area contributed by atoms with E-state index in [-0.39, 0.29) is 18.5 Å². The molecule has 0 radical (unpaired) electrons. The summed E-state index contributed by atoms with van der Waals surface area (Å²) in [4.78, 5) is 24.4. The number of nitrogens with one attached hydrogen (secondary N) is 1. The van der Waals surface area contributed by atoms with Crippen molar-refractivity contribution >= 4 is 11.9 Å². The average molecular weight is 860 g/mol. The normalized spacial score (nSPS) is 12.8. The number of esters is 1. The Labute approximate surface area is 380 Å². The largest absolute Gasteiger partial charge is 0.466 e. The van der Waals surface area contributed by atoms with Crippen LogP contribution in [0.3, 0.4) is 0 Å². The van der Waals surface area contributed by atoms with Crippen molar-refractivity contribution in [1.82, 2.24) is 5.32 Å². The van der Waals surface area contributed by atoms with Gasteiger partial charge in [0, 0.05) is 12.8 Å². The van der Waals surface area contributed by atoms with E-state index in [1.807, 2.05) is 0 Å². The predicted octanol–water partition coefficient (Wildman–Crippen LogP) is 16.3. The second kappa shape index (κ2) is 51.0. The number of aliphatic hydroxyl groups is 2. The van der Waals surface area contributed by atoms with Gasteiger partial charge in [-0.3, -0.25) is 9.59 Å². The number of aliphatic hydroxyl groups excluding tert-OH is 2. The van der Waals surface area contributed by atoms with E-state index < -0.39 is 12.1 Å². The van der Waals surface area contributed by atoms with Crippen molar-refractivity contribution in [2.75, 3.05) is 13.2 Å². The van der Waals surface area contributed by atoms with E-state index in [0.717, 1.165) is 51.4 Å². The molecule has 0 rings (SSSR count). The van der Waals surface area contributed by atoms with Gasteiger partial charge < -0.3 is 20.3 Å². The highest BCUT2D eigenvalue weighted by molar-refractivity contribution is 5.76. The van der Waals surface area contributed by atoms with Gasteiger partial charge in [0.1, 0.15) is 0 Å². The van der Waals surface area contributed by atoms with Crippen LogP contribution in [0.4, 0.5) is 0 Å². The van der Waals surface area contributed by atoms with E-state index in [9.17, 15) is 19.8 Å². The molecule has 0 aromatic rings. The highest BCUT2D eigenvalue weighted by Crippen LogP contribution is 2.17. The van der Waals surface area contributed by atoms with E-state index in [0.29, 0.717) is 25.9 Å². The van der Waals surface area contributed by atoms with Gasteiger partial charge in [-0.15, -0.1) is 0 Å². The number of amides is 1. The van der Waals surface area contributed by atoms with Gasteiger partial charge in [0.05, 0.1) is 25.4 Å². The third kappa shape index (κ3) is 47.7. The van der Waals surface area contributed by atoms with E-state index in [1.165, 1.54) is 205 Å². The molecule has 6 heteroatoms. The summed E-state index contributed by atoms with van der Waals surface area (Å²) >= 11 is 0. The number of unbranched alkanes of at least 4 members (excludes halogenated alkanes) is 35. The first kappa shape index (κ1) is 59.3. The Balaban J connectivity index is 3.36. The highest BCUT2D eigenvalue weighted by atomic mass is 16.5. The molecular formula is C55H105NO5. The van der Waals surface area contributed by atoms with Crippen molar-refractivity contribution in [2.24, 2.45) is 0 Å². The Bertz CT molecular complexity index is 951. The van der Waals surface area contributed by atoms with Gasteiger partial charge in [0.2, 0.25) is 5.91 Å². The summed E-state index contributed by atoms with van der Waals surface area (Å²) in [6, 6.07) is -0.540. The van der Waals surface area contributed by atoms with E-state index >= 15 is 0 Å². The molecule has 360 valence electrons. The van der Waals surface area contributed by atoms with Crippen LogP contribution in [0, 0.1) is 0 Å². The Morgan fingerprint density at radius 2 is 0.836 bits per heavy atom. The maximum Gasteiger partial charge on any atom is 0.305 e. The number of hydrogen-bond acceptors (Lipinski definition) is 5. The van der Waals surface area contributed by atoms with Crippen molar-refractivity contribution in [3.63, 3.8) is 0 Å². The third-order valence-electron chi connectivity index (χ3n) is 12.5. The van der Waals surface area contributed by atoms with Crippen LogP contribution in [0.15, 0.2) is 24.3 Å². The molecule has 2 unspecified atom stereocenters. The van der Waals surface area contributed by atoms with Gasteiger partial charge in [-0.25, -0.2) is 0 Å². The number of allylic oxidation sites excluding steroid dienone is 4. The summed E-state index contributed by atoms with van der Waals surface area (Å²) in [5.74, 6) is -0.0414. The molecule has 2 atom stereocenters. The van der Waals surface area contributed by atoms with Gasteiger partial charge in [-0.1, -0.05) is 250 Å². The lowest BCUT2D eigenvalue weighted by Crippen LogP contribution is -2.45. The second-order valence-corrected chi connectivity index (χ2v) is 18.6. The van der Waals surface area contributed by atoms with Crippen LogP contribution in [0.5, 0.6) is 0 Å². The molecule has 61 heavy (non-hydrogen) atoms. The number of rotatable bonds is 50. The Hall–Kier alpha value is -1.66. The second-order valence-electron chi connectivity index (χ2n) is 18.6. The zero-order valence-electron chi connectivity index (χ0n) is 40.9. The minimum atomic E-state index is -0.662. The molecule has 0 spiro atoms. The lowest BCUT2D eigenvalue weighted by Gasteiger charge is -2.22. The SMILES string of the molecule is CCCC/C=C\C/C=C\CCCCCCCC(=O)OCCCCCCCCCCCCCCCCCCCCCCCC(=O)NC(CO)C(O)CCCCCCCCCCC. The maximum atomic E-state index is 12.4. The molecule has 0 heterocycles. The van der Waals surface area contributed by atoms with Crippen molar-refractivity contribution < 1.29 is 24.5 Å². The van der Waals surface area contributed by atoms with E-state index in [2.05, 4.69) is 43.5 Å². The molecule has 0 saturated carbocycles. The van der Waals surface area contributed by atoms with Crippen LogP contribution < -0.4 is 5.32 Å².